The summed E-state index contributed by atoms with van der Waals surface area (Å²) >= 11 is 7.39. The molecule has 0 bridgehead atoms. The van der Waals surface area contributed by atoms with Crippen molar-refractivity contribution in [1.29, 1.82) is 0 Å². The van der Waals surface area contributed by atoms with Crippen LogP contribution in [0.25, 0.3) is 0 Å². The van der Waals surface area contributed by atoms with Crippen molar-refractivity contribution in [1.82, 2.24) is 0 Å². The fraction of sp³-hybridized carbons (Fsp3) is 0. The molecule has 0 saturated carbocycles. The molecule has 0 aliphatic rings. The van der Waals surface area contributed by atoms with Gasteiger partial charge in [-0.15, -0.1) is 0 Å². The second-order valence-electron chi connectivity index (χ2n) is 0.129. The first-order chi connectivity index (χ1) is 1.73. The molecule has 0 fully saturated rings. The van der Waals surface area contributed by atoms with Gasteiger partial charge in [-0.2, -0.15) is 0 Å². The van der Waals surface area contributed by atoms with Crippen molar-refractivity contribution in [3.63, 3.8) is 0 Å². The van der Waals surface area contributed by atoms with Gasteiger partial charge in [0.2, 0.25) is 0 Å². The maximum atomic E-state index is 2.46. The molecule has 0 unspecified atom stereocenters. The van der Waals surface area contributed by atoms with E-state index in [1.807, 2.05) is 0 Å². The summed E-state index contributed by atoms with van der Waals surface area (Å²) in [6.45, 7) is -0.294. The summed E-state index contributed by atoms with van der Waals surface area (Å²) in [5.74, 6) is 0. The fourth-order valence-electron chi connectivity index (χ4n) is 0. The predicted molar refractivity (Wildman–Crippen MR) is 47.8 cm³/mol. The average molecular weight is 787 g/mol. The van der Waals surface area contributed by atoms with Gasteiger partial charge in [0.05, 0.1) is 0 Å². The number of halogens is 3. The van der Waals surface area contributed by atoms with Gasteiger partial charge >= 0.3 is 64.1 Å². The van der Waals surface area contributed by atoms with Gasteiger partial charge < -0.3 is 0 Å². The molecule has 0 spiro atoms. The van der Waals surface area contributed by atoms with Gasteiger partial charge in [-0.3, -0.25) is 0 Å². The minimum absolute atomic E-state index is 0. The summed E-state index contributed by atoms with van der Waals surface area (Å²) in [7, 11) is 0. The fourth-order valence-corrected chi connectivity index (χ4v) is 0. The van der Waals surface area contributed by atoms with Crippen molar-refractivity contribution in [2.75, 3.05) is 0 Å². The number of hydrogen-bond acceptors (Lipinski definition) is 0. The maximum absolute atomic E-state index is 2.46. The molecule has 0 aromatic carbocycles. The van der Waals surface area contributed by atoms with Crippen molar-refractivity contribution in [2.24, 2.45) is 0 Å². The summed E-state index contributed by atoms with van der Waals surface area (Å²) in [5.41, 5.74) is 0. The Balaban J connectivity index is 0. The molecule has 0 nitrogen and oxygen atoms in total. The summed E-state index contributed by atoms with van der Waals surface area (Å²) < 4.78 is 0. The number of rotatable bonds is 0. The van der Waals surface area contributed by atoms with Crippen LogP contribution in [-0.4, -0.2) is 26.2 Å². The second-order valence-corrected chi connectivity index (χ2v) is 47.6. The zero-order valence-corrected chi connectivity index (χ0v) is 14.0. The van der Waals surface area contributed by atoms with Crippen LogP contribution in [0.4, 0.5) is 0 Å². The second kappa shape index (κ2) is 7.81. The number of hydrogen-bond donors (Lipinski definition) is 0. The first-order valence-electron chi connectivity index (χ1n) is 0.342. The molecule has 0 aliphatic heterocycles. The SMILES string of the molecule is [Bi].[I][Au]([I])[I]. The Morgan fingerprint density at radius 1 is 1.00 bits per heavy atom. The molecule has 0 rings (SSSR count). The van der Waals surface area contributed by atoms with Gasteiger partial charge in [0.25, 0.3) is 0 Å². The summed E-state index contributed by atoms with van der Waals surface area (Å²) in [5, 5.41) is 0. The molecule has 0 amide bonds. The van der Waals surface area contributed by atoms with Crippen LogP contribution in [0.2, 0.25) is 0 Å². The molecule has 0 aromatic heterocycles. The summed E-state index contributed by atoms with van der Waals surface area (Å²) in [4.78, 5) is 0. The Morgan fingerprint density at radius 2 is 1.00 bits per heavy atom. The van der Waals surface area contributed by atoms with E-state index in [-0.39, 0.29) is 33.2 Å². The van der Waals surface area contributed by atoms with Crippen LogP contribution in [0.15, 0.2) is 0 Å². The van der Waals surface area contributed by atoms with E-state index in [2.05, 4.69) is 57.1 Å². The summed E-state index contributed by atoms with van der Waals surface area (Å²) in [6.07, 6.45) is 0. The van der Waals surface area contributed by atoms with Crippen LogP contribution in [0, 0.1) is 0 Å². The van der Waals surface area contributed by atoms with Crippen LogP contribution in [0.1, 0.15) is 0 Å². The molecule has 3 radical (unpaired) electrons. The molecule has 0 N–H and O–H groups in total. The zero-order chi connectivity index (χ0) is 3.58. The van der Waals surface area contributed by atoms with E-state index in [0.717, 1.165) is 0 Å². The molecule has 0 heterocycles. The zero-order valence-electron chi connectivity index (χ0n) is 1.88. The average Bonchev–Trinajstić information content (AvgIpc) is 0.811. The molecular formula is AuBiI3. The van der Waals surface area contributed by atoms with Crippen LogP contribution in [0.3, 0.4) is 0 Å². The van der Waals surface area contributed by atoms with Gasteiger partial charge in [0, 0.05) is 26.2 Å². The monoisotopic (exact) mass is 787 g/mol. The van der Waals surface area contributed by atoms with Crippen molar-refractivity contribution in [3.05, 3.63) is 0 Å². The van der Waals surface area contributed by atoms with Gasteiger partial charge in [-0.1, -0.05) is 0 Å². The van der Waals surface area contributed by atoms with Gasteiger partial charge in [0.15, 0.2) is 0 Å². The van der Waals surface area contributed by atoms with E-state index in [0.29, 0.717) is 0 Å². The Labute approximate surface area is 87.4 Å². The Bertz CT molecular complexity index is 11.6. The predicted octanol–water partition coefficient (Wildman–Crippen LogP) is 2.27. The molecule has 0 aromatic rings. The summed E-state index contributed by atoms with van der Waals surface area (Å²) in [6, 6.07) is 0. The van der Waals surface area contributed by atoms with E-state index in [1.165, 1.54) is 0 Å². The molecule has 5 heavy (non-hydrogen) atoms. The van der Waals surface area contributed by atoms with Gasteiger partial charge in [-0.25, -0.2) is 0 Å². The third kappa shape index (κ3) is 18.2. The molecule has 0 saturated heterocycles. The van der Waals surface area contributed by atoms with E-state index in [9.17, 15) is 0 Å². The van der Waals surface area contributed by atoms with E-state index in [4.69, 9.17) is 0 Å². The van der Waals surface area contributed by atoms with Crippen LogP contribution in [-0.2, 0) is 6.99 Å². The van der Waals surface area contributed by atoms with Gasteiger partial charge in [0.1, 0.15) is 0 Å². The van der Waals surface area contributed by atoms with Crippen LogP contribution in [0.5, 0.6) is 0 Å². The quantitative estimate of drug-likeness (QED) is 0.262. The van der Waals surface area contributed by atoms with Gasteiger partial charge in [-0.05, 0) is 0 Å². The third-order valence-corrected chi connectivity index (χ3v) is 0. The Kier molecular flexibility index (Phi) is 18.1. The Morgan fingerprint density at radius 3 is 1.00 bits per heavy atom. The molecular weight excluding hydrogens is 787 g/mol. The van der Waals surface area contributed by atoms with Crippen molar-refractivity contribution in [3.8, 4) is 0 Å². The molecule has 0 aliphatic carbocycles. The molecule has 37 valence electrons. The molecule has 0 atom stereocenters. The Hall–Kier alpha value is 3.81. The minimum atomic E-state index is -0.294. The normalized spacial score (nSPS) is 9.00. The van der Waals surface area contributed by atoms with E-state index < -0.39 is 0 Å². The molecule has 5 heteroatoms. The third-order valence-electron chi connectivity index (χ3n) is 0. The first kappa shape index (κ1) is 11.6. The van der Waals surface area contributed by atoms with E-state index >= 15 is 0 Å². The standard InChI is InChI=1S/Au.Bi.3HI/h;;3*1H/q+3;;;;/p-3. The van der Waals surface area contributed by atoms with Crippen LogP contribution >= 0.6 is 57.1 Å². The van der Waals surface area contributed by atoms with Crippen molar-refractivity contribution < 1.29 is 6.99 Å². The van der Waals surface area contributed by atoms with Crippen molar-refractivity contribution >= 4 is 83.3 Å². The van der Waals surface area contributed by atoms with Crippen LogP contribution < -0.4 is 0 Å². The first-order valence-corrected chi connectivity index (χ1v) is 18.8. The van der Waals surface area contributed by atoms with Crippen molar-refractivity contribution in [2.45, 2.75) is 0 Å². The topological polar surface area (TPSA) is 0 Å². The van der Waals surface area contributed by atoms with E-state index in [1.54, 1.807) is 0 Å².